The van der Waals surface area contributed by atoms with Gasteiger partial charge in [0.05, 0.1) is 11.3 Å². The molecule has 1 heterocycles. The smallest absolute Gasteiger partial charge is 0.162 e. The van der Waals surface area contributed by atoms with Gasteiger partial charge in [-0.25, -0.2) is 0 Å². The molecule has 0 aliphatic heterocycles. The molecule has 1 radical (unpaired) electrons. The maximum Gasteiger partial charge on any atom is 0.162 e. The fourth-order valence-electron chi connectivity index (χ4n) is 5.26. The SMILES string of the molecule is CCC(CC)C(=O)/C=C(\O)C(CC)CC.Cc1cc(-c2[c-]c3ccccc3c(C(C)(C)C)c2)nc2ccccc12.[Ir]. The van der Waals surface area contributed by atoms with Crippen molar-refractivity contribution in [2.45, 2.75) is 86.5 Å². The number of fused-ring (bicyclic) bond motifs is 2. The number of rotatable bonds is 8. The van der Waals surface area contributed by atoms with Crippen molar-refractivity contribution in [1.82, 2.24) is 4.98 Å². The van der Waals surface area contributed by atoms with E-state index in [2.05, 4.69) is 88.4 Å². The van der Waals surface area contributed by atoms with Crippen molar-refractivity contribution in [1.29, 1.82) is 0 Å². The van der Waals surface area contributed by atoms with E-state index < -0.39 is 0 Å². The van der Waals surface area contributed by atoms with E-state index in [1.54, 1.807) is 0 Å². The molecule has 3 aromatic carbocycles. The van der Waals surface area contributed by atoms with Crippen molar-refractivity contribution in [3.8, 4) is 11.3 Å². The summed E-state index contributed by atoms with van der Waals surface area (Å²) in [5.41, 5.74) is 5.75. The van der Waals surface area contributed by atoms with Crippen LogP contribution in [0.2, 0.25) is 0 Å². The Bertz CT molecular complexity index is 1470. The van der Waals surface area contributed by atoms with Gasteiger partial charge in [-0.05, 0) is 49.7 Å². The molecule has 1 aromatic heterocycles. The molecule has 0 bridgehead atoms. The average molecular weight is 729 g/mol. The third-order valence-electron chi connectivity index (χ3n) is 7.86. The number of allylic oxidation sites excluding steroid dienone is 2. The maximum atomic E-state index is 11.7. The summed E-state index contributed by atoms with van der Waals surface area (Å²) in [5, 5.41) is 13.4. The van der Waals surface area contributed by atoms with Gasteiger partial charge in [-0.3, -0.25) is 9.78 Å². The van der Waals surface area contributed by atoms with Crippen LogP contribution in [0, 0.1) is 24.8 Å². The molecule has 0 fully saturated rings. The first-order valence-corrected chi connectivity index (χ1v) is 14.8. The largest absolute Gasteiger partial charge is 0.512 e. The molecular formula is C37H46IrNO2-. The van der Waals surface area contributed by atoms with Crippen LogP contribution in [0.1, 0.15) is 85.3 Å². The fourth-order valence-corrected chi connectivity index (χ4v) is 5.26. The second-order valence-electron chi connectivity index (χ2n) is 11.7. The fraction of sp³-hybridized carbons (Fsp3) is 0.405. The third kappa shape index (κ3) is 8.60. The van der Waals surface area contributed by atoms with Crippen LogP contribution in [-0.4, -0.2) is 15.9 Å². The molecule has 0 atom stereocenters. The quantitative estimate of drug-likeness (QED) is 0.112. The van der Waals surface area contributed by atoms with E-state index in [4.69, 9.17) is 4.98 Å². The Balaban J connectivity index is 0.000000320. The number of benzene rings is 3. The number of para-hydroxylation sites is 1. The third-order valence-corrected chi connectivity index (χ3v) is 7.86. The Labute approximate surface area is 260 Å². The molecule has 0 unspecified atom stereocenters. The molecule has 0 amide bonds. The van der Waals surface area contributed by atoms with Crippen LogP contribution in [0.4, 0.5) is 0 Å². The van der Waals surface area contributed by atoms with Crippen molar-refractivity contribution in [3.05, 3.63) is 89.7 Å². The number of hydrogen-bond donors (Lipinski definition) is 1. The molecule has 1 N–H and O–H groups in total. The van der Waals surface area contributed by atoms with E-state index in [0.717, 1.165) is 47.8 Å². The average Bonchev–Trinajstić information content (AvgIpc) is 2.93. The van der Waals surface area contributed by atoms with E-state index in [9.17, 15) is 9.90 Å². The van der Waals surface area contributed by atoms with Crippen LogP contribution >= 0.6 is 0 Å². The van der Waals surface area contributed by atoms with Crippen LogP contribution in [-0.2, 0) is 30.3 Å². The summed E-state index contributed by atoms with van der Waals surface area (Å²) < 4.78 is 0. The van der Waals surface area contributed by atoms with Gasteiger partial charge < -0.3 is 5.11 Å². The van der Waals surface area contributed by atoms with Crippen LogP contribution in [0.15, 0.2) is 72.5 Å². The second kappa shape index (κ2) is 15.4. The number of pyridine rings is 1. The van der Waals surface area contributed by atoms with Crippen molar-refractivity contribution >= 4 is 27.5 Å². The number of aryl methyl sites for hydroxylation is 1. The van der Waals surface area contributed by atoms with Crippen LogP contribution in [0.3, 0.4) is 0 Å². The normalized spacial score (nSPS) is 11.9. The van der Waals surface area contributed by atoms with Gasteiger partial charge in [-0.2, -0.15) is 0 Å². The molecule has 0 aliphatic rings. The van der Waals surface area contributed by atoms with Gasteiger partial charge >= 0.3 is 0 Å². The molecule has 221 valence electrons. The van der Waals surface area contributed by atoms with Crippen LogP contribution in [0.5, 0.6) is 0 Å². The van der Waals surface area contributed by atoms with Gasteiger partial charge in [0.2, 0.25) is 0 Å². The predicted molar refractivity (Wildman–Crippen MR) is 171 cm³/mol. The molecule has 0 aliphatic carbocycles. The molecule has 3 nitrogen and oxygen atoms in total. The van der Waals surface area contributed by atoms with E-state index in [1.807, 2.05) is 33.8 Å². The van der Waals surface area contributed by atoms with Crippen molar-refractivity contribution < 1.29 is 30.0 Å². The zero-order chi connectivity index (χ0) is 29.4. The minimum absolute atomic E-state index is 0. The Hall–Kier alpha value is -2.81. The molecule has 0 saturated heterocycles. The van der Waals surface area contributed by atoms with Gasteiger partial charge in [0.15, 0.2) is 5.78 Å². The van der Waals surface area contributed by atoms with Gasteiger partial charge in [0.25, 0.3) is 0 Å². The summed E-state index contributed by atoms with van der Waals surface area (Å²) in [6.07, 6.45) is 4.91. The minimum Gasteiger partial charge on any atom is -0.512 e. The molecule has 0 spiro atoms. The summed E-state index contributed by atoms with van der Waals surface area (Å²) in [7, 11) is 0. The number of aliphatic hydroxyl groups excluding tert-OH is 1. The van der Waals surface area contributed by atoms with E-state index >= 15 is 0 Å². The zero-order valence-corrected chi connectivity index (χ0v) is 28.4. The molecule has 0 saturated carbocycles. The minimum atomic E-state index is 0. The summed E-state index contributed by atoms with van der Waals surface area (Å²) in [6, 6.07) is 24.9. The first kappa shape index (κ1) is 34.4. The van der Waals surface area contributed by atoms with Crippen molar-refractivity contribution in [2.24, 2.45) is 11.8 Å². The van der Waals surface area contributed by atoms with Crippen molar-refractivity contribution in [2.75, 3.05) is 0 Å². The topological polar surface area (TPSA) is 50.2 Å². The number of carbonyl (C=O) groups is 1. The van der Waals surface area contributed by atoms with Crippen LogP contribution in [0.25, 0.3) is 32.9 Å². The molecule has 4 aromatic rings. The summed E-state index contributed by atoms with van der Waals surface area (Å²) in [6.45, 7) is 17.0. The first-order chi connectivity index (χ1) is 19.0. The van der Waals surface area contributed by atoms with E-state index in [0.29, 0.717) is 0 Å². The van der Waals surface area contributed by atoms with Crippen molar-refractivity contribution in [3.63, 3.8) is 0 Å². The number of aliphatic hydroxyl groups is 1. The summed E-state index contributed by atoms with van der Waals surface area (Å²) in [4.78, 5) is 16.6. The van der Waals surface area contributed by atoms with Gasteiger partial charge in [0, 0.05) is 49.1 Å². The standard InChI is InChI=1S/C24H22N.C13H24O2.Ir/c1-16-13-23(25-22-12-8-7-10-19(16)22)18-14-17-9-5-6-11-20(17)21(15-18)24(2,3)4;1-5-10(6-2)12(14)9-13(15)11(7-3)8-4;/h5-13,15H,1-4H3;9-11,14H,5-8H2,1-4H3;/q-1;;/b;12-9-;. The number of aromatic nitrogens is 1. The van der Waals surface area contributed by atoms with Gasteiger partial charge in [-0.15, -0.1) is 29.1 Å². The number of hydrogen-bond acceptors (Lipinski definition) is 3. The molecular weight excluding hydrogens is 683 g/mol. The predicted octanol–water partition coefficient (Wildman–Crippen LogP) is 10.3. The van der Waals surface area contributed by atoms with E-state index in [1.165, 1.54) is 28.0 Å². The summed E-state index contributed by atoms with van der Waals surface area (Å²) >= 11 is 0. The molecule has 4 heteroatoms. The van der Waals surface area contributed by atoms with Gasteiger partial charge in [0.1, 0.15) is 0 Å². The zero-order valence-electron chi connectivity index (χ0n) is 26.0. The summed E-state index contributed by atoms with van der Waals surface area (Å²) in [5.74, 6) is 0.547. The molecule has 4 rings (SSSR count). The number of carbonyl (C=O) groups excluding carboxylic acids is 1. The Morgan fingerprint density at radius 3 is 2.02 bits per heavy atom. The number of ketones is 1. The monoisotopic (exact) mass is 729 g/mol. The Morgan fingerprint density at radius 1 is 0.878 bits per heavy atom. The number of nitrogens with zero attached hydrogens (tertiary/aromatic N) is 1. The maximum absolute atomic E-state index is 11.7. The first-order valence-electron chi connectivity index (χ1n) is 14.8. The molecule has 41 heavy (non-hydrogen) atoms. The Kier molecular flexibility index (Phi) is 12.9. The van der Waals surface area contributed by atoms with E-state index in [-0.39, 0.29) is 48.9 Å². The second-order valence-corrected chi connectivity index (χ2v) is 11.7. The van der Waals surface area contributed by atoms with Gasteiger partial charge in [-0.1, -0.05) is 102 Å². The van der Waals surface area contributed by atoms with Crippen LogP contribution < -0.4 is 0 Å². The Morgan fingerprint density at radius 2 is 1.44 bits per heavy atom.